The van der Waals surface area contributed by atoms with E-state index in [2.05, 4.69) is 28.2 Å². The van der Waals surface area contributed by atoms with Crippen LogP contribution < -0.4 is 11.1 Å². The molecule has 0 saturated heterocycles. The standard InChI is InChI=1S/C15H21BrN2OS/c1-4-10-9-11(16)7-8-12(10)18-14(19)15(5-2,6-3)13(17)20/h7-9H,4-6H2,1-3H3,(H2,17,20)(H,18,19). The molecule has 0 fully saturated rings. The van der Waals surface area contributed by atoms with Gasteiger partial charge in [0.2, 0.25) is 5.91 Å². The molecule has 0 spiro atoms. The quantitative estimate of drug-likeness (QED) is 0.756. The molecule has 3 N–H and O–H groups in total. The second kappa shape index (κ2) is 7.18. The van der Waals surface area contributed by atoms with Crippen molar-refractivity contribution in [3.8, 4) is 0 Å². The molecule has 1 aromatic carbocycles. The zero-order valence-corrected chi connectivity index (χ0v) is 14.5. The molecule has 1 aromatic rings. The number of nitrogens with one attached hydrogen (secondary N) is 1. The molecule has 0 aromatic heterocycles. The van der Waals surface area contributed by atoms with Crippen molar-refractivity contribution < 1.29 is 4.79 Å². The molecular weight excluding hydrogens is 336 g/mol. The summed E-state index contributed by atoms with van der Waals surface area (Å²) in [6.07, 6.45) is 2.04. The lowest BCUT2D eigenvalue weighted by atomic mass is 9.81. The van der Waals surface area contributed by atoms with Gasteiger partial charge in [0.05, 0.1) is 10.4 Å². The van der Waals surface area contributed by atoms with Crippen LogP contribution in [0.1, 0.15) is 39.2 Å². The van der Waals surface area contributed by atoms with Crippen molar-refractivity contribution in [2.24, 2.45) is 11.1 Å². The number of benzene rings is 1. The number of anilines is 1. The Balaban J connectivity index is 3.09. The first kappa shape index (κ1) is 17.1. The second-order valence-corrected chi connectivity index (χ2v) is 6.12. The topological polar surface area (TPSA) is 55.1 Å². The highest BCUT2D eigenvalue weighted by Gasteiger charge is 2.38. The summed E-state index contributed by atoms with van der Waals surface area (Å²) in [5, 5.41) is 2.99. The number of carbonyl (C=O) groups is 1. The summed E-state index contributed by atoms with van der Waals surface area (Å²) >= 11 is 8.55. The van der Waals surface area contributed by atoms with Crippen molar-refractivity contribution >= 4 is 44.7 Å². The van der Waals surface area contributed by atoms with Crippen LogP contribution in [-0.4, -0.2) is 10.9 Å². The molecule has 3 nitrogen and oxygen atoms in total. The monoisotopic (exact) mass is 356 g/mol. The zero-order valence-electron chi connectivity index (χ0n) is 12.1. The van der Waals surface area contributed by atoms with Crippen LogP contribution in [0.25, 0.3) is 0 Å². The number of rotatable bonds is 6. The van der Waals surface area contributed by atoms with Gasteiger partial charge >= 0.3 is 0 Å². The average Bonchev–Trinajstić information content (AvgIpc) is 2.42. The number of nitrogens with two attached hydrogens (primary N) is 1. The Labute approximate surface area is 134 Å². The van der Waals surface area contributed by atoms with Gasteiger partial charge in [0.15, 0.2) is 0 Å². The van der Waals surface area contributed by atoms with Crippen LogP contribution >= 0.6 is 28.1 Å². The Morgan fingerprint density at radius 3 is 2.40 bits per heavy atom. The van der Waals surface area contributed by atoms with Crippen LogP contribution in [0.5, 0.6) is 0 Å². The van der Waals surface area contributed by atoms with Crippen molar-refractivity contribution in [3.05, 3.63) is 28.2 Å². The fraction of sp³-hybridized carbons (Fsp3) is 0.467. The van der Waals surface area contributed by atoms with E-state index in [0.717, 1.165) is 22.1 Å². The maximum absolute atomic E-state index is 12.6. The minimum Gasteiger partial charge on any atom is -0.392 e. The van der Waals surface area contributed by atoms with E-state index in [9.17, 15) is 4.79 Å². The molecule has 0 radical (unpaired) electrons. The van der Waals surface area contributed by atoms with Crippen molar-refractivity contribution in [2.75, 3.05) is 5.32 Å². The number of hydrogen-bond donors (Lipinski definition) is 2. The lowest BCUT2D eigenvalue weighted by molar-refractivity contribution is -0.122. The van der Waals surface area contributed by atoms with E-state index >= 15 is 0 Å². The van der Waals surface area contributed by atoms with Gasteiger partial charge in [0.1, 0.15) is 0 Å². The maximum atomic E-state index is 12.6. The van der Waals surface area contributed by atoms with Crippen LogP contribution in [0.15, 0.2) is 22.7 Å². The summed E-state index contributed by atoms with van der Waals surface area (Å²) in [6.45, 7) is 5.92. The van der Waals surface area contributed by atoms with Gasteiger partial charge in [-0.1, -0.05) is 48.9 Å². The lowest BCUT2D eigenvalue weighted by Crippen LogP contribution is -2.45. The van der Waals surface area contributed by atoms with E-state index in [1.165, 1.54) is 0 Å². The normalized spacial score (nSPS) is 11.2. The van der Waals surface area contributed by atoms with Gasteiger partial charge in [-0.15, -0.1) is 0 Å². The molecule has 0 bridgehead atoms. The number of halogens is 1. The average molecular weight is 357 g/mol. The number of amides is 1. The first-order valence-electron chi connectivity index (χ1n) is 6.81. The van der Waals surface area contributed by atoms with Crippen LogP contribution in [0.2, 0.25) is 0 Å². The Kier molecular flexibility index (Phi) is 6.14. The maximum Gasteiger partial charge on any atom is 0.237 e. The molecule has 0 atom stereocenters. The fourth-order valence-corrected chi connectivity index (χ4v) is 3.04. The molecule has 1 rings (SSSR count). The Hall–Kier alpha value is -0.940. The molecular formula is C15H21BrN2OS. The Morgan fingerprint density at radius 1 is 1.35 bits per heavy atom. The third kappa shape index (κ3) is 3.38. The fourth-order valence-electron chi connectivity index (χ4n) is 2.25. The van der Waals surface area contributed by atoms with Crippen molar-refractivity contribution in [1.82, 2.24) is 0 Å². The van der Waals surface area contributed by atoms with E-state index in [1.54, 1.807) is 0 Å². The van der Waals surface area contributed by atoms with Gasteiger partial charge < -0.3 is 11.1 Å². The minimum absolute atomic E-state index is 0.118. The minimum atomic E-state index is -0.770. The summed E-state index contributed by atoms with van der Waals surface area (Å²) < 4.78 is 0.999. The highest BCUT2D eigenvalue weighted by molar-refractivity contribution is 9.10. The molecule has 0 aliphatic heterocycles. The molecule has 110 valence electrons. The van der Waals surface area contributed by atoms with Gasteiger partial charge in [-0.3, -0.25) is 4.79 Å². The van der Waals surface area contributed by atoms with E-state index in [1.807, 2.05) is 32.0 Å². The van der Waals surface area contributed by atoms with E-state index in [-0.39, 0.29) is 10.9 Å². The van der Waals surface area contributed by atoms with E-state index in [4.69, 9.17) is 18.0 Å². The summed E-state index contributed by atoms with van der Waals surface area (Å²) in [5.41, 5.74) is 6.94. The lowest BCUT2D eigenvalue weighted by Gasteiger charge is -2.29. The highest BCUT2D eigenvalue weighted by atomic mass is 79.9. The predicted molar refractivity (Wildman–Crippen MR) is 92.0 cm³/mol. The summed E-state index contributed by atoms with van der Waals surface area (Å²) in [7, 11) is 0. The second-order valence-electron chi connectivity index (χ2n) is 4.76. The molecule has 0 saturated carbocycles. The van der Waals surface area contributed by atoms with Crippen molar-refractivity contribution in [3.63, 3.8) is 0 Å². The summed E-state index contributed by atoms with van der Waals surface area (Å²) in [4.78, 5) is 12.9. The van der Waals surface area contributed by atoms with Gasteiger partial charge in [0, 0.05) is 10.2 Å². The van der Waals surface area contributed by atoms with Gasteiger partial charge in [-0.2, -0.15) is 0 Å². The summed E-state index contributed by atoms with van der Waals surface area (Å²) in [6, 6.07) is 5.82. The molecule has 0 unspecified atom stereocenters. The molecule has 0 heterocycles. The van der Waals surface area contributed by atoms with E-state index < -0.39 is 5.41 Å². The number of aryl methyl sites for hydroxylation is 1. The van der Waals surface area contributed by atoms with Crippen molar-refractivity contribution in [1.29, 1.82) is 0 Å². The van der Waals surface area contributed by atoms with Crippen LogP contribution in [0.3, 0.4) is 0 Å². The zero-order chi connectivity index (χ0) is 15.3. The van der Waals surface area contributed by atoms with Crippen LogP contribution in [0.4, 0.5) is 5.69 Å². The number of carbonyl (C=O) groups excluding carboxylic acids is 1. The largest absolute Gasteiger partial charge is 0.392 e. The predicted octanol–water partition coefficient (Wildman–Crippen LogP) is 4.04. The Bertz CT molecular complexity index is 513. The van der Waals surface area contributed by atoms with Crippen LogP contribution in [-0.2, 0) is 11.2 Å². The molecule has 20 heavy (non-hydrogen) atoms. The van der Waals surface area contributed by atoms with Gasteiger partial charge in [-0.05, 0) is 43.0 Å². The smallest absolute Gasteiger partial charge is 0.237 e. The van der Waals surface area contributed by atoms with Crippen molar-refractivity contribution in [2.45, 2.75) is 40.0 Å². The summed E-state index contributed by atoms with van der Waals surface area (Å²) in [5.74, 6) is -0.118. The molecule has 0 aliphatic rings. The third-order valence-corrected chi connectivity index (χ3v) is 4.69. The van der Waals surface area contributed by atoms with Gasteiger partial charge in [-0.25, -0.2) is 0 Å². The first-order chi connectivity index (χ1) is 9.41. The SMILES string of the molecule is CCc1cc(Br)ccc1NC(=O)C(CC)(CC)C(N)=S. The highest BCUT2D eigenvalue weighted by Crippen LogP contribution is 2.30. The van der Waals surface area contributed by atoms with E-state index in [0.29, 0.717) is 12.8 Å². The molecule has 1 amide bonds. The molecule has 0 aliphatic carbocycles. The third-order valence-electron chi connectivity index (χ3n) is 3.81. The first-order valence-corrected chi connectivity index (χ1v) is 8.01. The van der Waals surface area contributed by atoms with Crippen LogP contribution in [0, 0.1) is 5.41 Å². The number of thiocarbonyl (C=S) groups is 1. The molecule has 5 heteroatoms. The van der Waals surface area contributed by atoms with Gasteiger partial charge in [0.25, 0.3) is 0 Å². The number of hydrogen-bond acceptors (Lipinski definition) is 2. The Morgan fingerprint density at radius 2 is 1.95 bits per heavy atom.